The van der Waals surface area contributed by atoms with Crippen molar-refractivity contribution < 1.29 is 9.26 Å². The number of aromatic nitrogens is 3. The Hall–Kier alpha value is -2.89. The Labute approximate surface area is 121 Å². The number of hydrogen-bond donors (Lipinski definition) is 1. The Morgan fingerprint density at radius 3 is 2.95 bits per heavy atom. The number of ether oxygens (including phenoxy) is 1. The fourth-order valence-electron chi connectivity index (χ4n) is 1.86. The van der Waals surface area contributed by atoms with Crippen LogP contribution in [-0.2, 0) is 13.0 Å². The highest BCUT2D eigenvalue weighted by atomic mass is 16.5. The normalized spacial score (nSPS) is 10.5. The molecule has 1 aromatic carbocycles. The smallest absolute Gasteiger partial charge is 0.264 e. The average molecular weight is 282 g/mol. The molecule has 106 valence electrons. The van der Waals surface area contributed by atoms with E-state index < -0.39 is 0 Å². The predicted molar refractivity (Wildman–Crippen MR) is 76.5 cm³/mol. The first kappa shape index (κ1) is 13.1. The Morgan fingerprint density at radius 1 is 1.19 bits per heavy atom. The monoisotopic (exact) mass is 282 g/mol. The van der Waals surface area contributed by atoms with Gasteiger partial charge >= 0.3 is 0 Å². The summed E-state index contributed by atoms with van der Waals surface area (Å²) < 4.78 is 10.7. The van der Waals surface area contributed by atoms with Gasteiger partial charge in [-0.25, -0.2) is 0 Å². The van der Waals surface area contributed by atoms with Crippen molar-refractivity contribution in [2.75, 3.05) is 5.73 Å². The maximum atomic E-state index is 5.68. The summed E-state index contributed by atoms with van der Waals surface area (Å²) in [6, 6.07) is 11.0. The second-order valence-electron chi connectivity index (χ2n) is 4.50. The third-order valence-electron chi connectivity index (χ3n) is 2.82. The molecule has 2 heterocycles. The molecule has 6 nitrogen and oxygen atoms in total. The summed E-state index contributed by atoms with van der Waals surface area (Å²) in [4.78, 5) is 8.33. The SMILES string of the molecule is Nc1cccc(OCc2nc(Cc3cccnc3)no2)c1. The molecule has 0 aliphatic rings. The predicted octanol–water partition coefficient (Wildman–Crippen LogP) is 2.22. The lowest BCUT2D eigenvalue weighted by molar-refractivity contribution is 0.242. The van der Waals surface area contributed by atoms with Crippen molar-refractivity contribution in [3.05, 3.63) is 66.1 Å². The fraction of sp³-hybridized carbons (Fsp3) is 0.133. The molecule has 0 aliphatic heterocycles. The van der Waals surface area contributed by atoms with Crippen molar-refractivity contribution in [1.29, 1.82) is 0 Å². The van der Waals surface area contributed by atoms with Crippen molar-refractivity contribution in [3.63, 3.8) is 0 Å². The van der Waals surface area contributed by atoms with Gasteiger partial charge in [0.1, 0.15) is 5.75 Å². The third-order valence-corrected chi connectivity index (χ3v) is 2.82. The van der Waals surface area contributed by atoms with Crippen molar-refractivity contribution in [2.45, 2.75) is 13.0 Å². The van der Waals surface area contributed by atoms with Crippen LogP contribution in [0.5, 0.6) is 5.75 Å². The van der Waals surface area contributed by atoms with E-state index in [1.165, 1.54) is 0 Å². The maximum absolute atomic E-state index is 5.68. The molecule has 2 aromatic heterocycles. The molecule has 0 unspecified atom stereocenters. The van der Waals surface area contributed by atoms with E-state index in [1.54, 1.807) is 24.5 Å². The number of pyridine rings is 1. The van der Waals surface area contributed by atoms with Gasteiger partial charge < -0.3 is 15.0 Å². The molecule has 3 rings (SSSR count). The lowest BCUT2D eigenvalue weighted by Crippen LogP contribution is -1.97. The van der Waals surface area contributed by atoms with E-state index in [0.717, 1.165) is 5.56 Å². The quantitative estimate of drug-likeness (QED) is 0.722. The molecule has 21 heavy (non-hydrogen) atoms. The molecular weight excluding hydrogens is 268 g/mol. The van der Waals surface area contributed by atoms with Crippen LogP contribution in [-0.4, -0.2) is 15.1 Å². The molecule has 2 N–H and O–H groups in total. The minimum absolute atomic E-state index is 0.212. The van der Waals surface area contributed by atoms with E-state index in [4.69, 9.17) is 15.0 Å². The largest absolute Gasteiger partial charge is 0.484 e. The zero-order valence-corrected chi connectivity index (χ0v) is 11.3. The van der Waals surface area contributed by atoms with Gasteiger partial charge in [0.2, 0.25) is 0 Å². The molecule has 0 saturated carbocycles. The van der Waals surface area contributed by atoms with Crippen LogP contribution in [0, 0.1) is 0 Å². The summed E-state index contributed by atoms with van der Waals surface area (Å²) in [6.45, 7) is 0.212. The molecule has 0 saturated heterocycles. The minimum atomic E-state index is 0.212. The maximum Gasteiger partial charge on any atom is 0.264 e. The van der Waals surface area contributed by atoms with Crippen LogP contribution < -0.4 is 10.5 Å². The summed E-state index contributed by atoms with van der Waals surface area (Å²) >= 11 is 0. The minimum Gasteiger partial charge on any atom is -0.484 e. The molecule has 0 amide bonds. The van der Waals surface area contributed by atoms with Gasteiger partial charge in [-0.15, -0.1) is 0 Å². The zero-order chi connectivity index (χ0) is 14.5. The summed E-state index contributed by atoms with van der Waals surface area (Å²) in [6.07, 6.45) is 4.08. The van der Waals surface area contributed by atoms with Crippen LogP contribution in [0.2, 0.25) is 0 Å². The van der Waals surface area contributed by atoms with E-state index in [0.29, 0.717) is 29.6 Å². The molecule has 0 radical (unpaired) electrons. The third kappa shape index (κ3) is 3.56. The van der Waals surface area contributed by atoms with Gasteiger partial charge in [0.25, 0.3) is 5.89 Å². The van der Waals surface area contributed by atoms with E-state index in [1.807, 2.05) is 24.3 Å². The van der Waals surface area contributed by atoms with E-state index in [2.05, 4.69) is 15.1 Å². The van der Waals surface area contributed by atoms with Crippen LogP contribution >= 0.6 is 0 Å². The number of rotatable bonds is 5. The van der Waals surface area contributed by atoms with Crippen LogP contribution in [0.1, 0.15) is 17.3 Å². The molecule has 0 bridgehead atoms. The summed E-state index contributed by atoms with van der Waals surface area (Å²) in [5, 5.41) is 3.92. The van der Waals surface area contributed by atoms with E-state index >= 15 is 0 Å². The van der Waals surface area contributed by atoms with Crippen LogP contribution in [0.25, 0.3) is 0 Å². The number of nitrogen functional groups attached to an aromatic ring is 1. The Kier molecular flexibility index (Phi) is 3.77. The van der Waals surface area contributed by atoms with Gasteiger partial charge in [0, 0.05) is 30.6 Å². The van der Waals surface area contributed by atoms with Crippen molar-refractivity contribution >= 4 is 5.69 Å². The van der Waals surface area contributed by atoms with Crippen LogP contribution in [0.3, 0.4) is 0 Å². The van der Waals surface area contributed by atoms with Crippen molar-refractivity contribution in [3.8, 4) is 5.75 Å². The highest BCUT2D eigenvalue weighted by Crippen LogP contribution is 2.16. The fourth-order valence-corrected chi connectivity index (χ4v) is 1.86. The highest BCUT2D eigenvalue weighted by molar-refractivity contribution is 5.43. The molecule has 6 heteroatoms. The average Bonchev–Trinajstić information content (AvgIpc) is 2.94. The van der Waals surface area contributed by atoms with Gasteiger partial charge in [-0.1, -0.05) is 17.3 Å². The first-order valence-electron chi connectivity index (χ1n) is 6.48. The first-order chi connectivity index (χ1) is 10.3. The Morgan fingerprint density at radius 2 is 2.14 bits per heavy atom. The number of benzene rings is 1. The number of nitrogens with two attached hydrogens (primary N) is 1. The number of hydrogen-bond acceptors (Lipinski definition) is 6. The molecular formula is C15H14N4O2. The standard InChI is InChI=1S/C15H14N4O2/c16-12-4-1-5-13(8-12)20-10-15-18-14(19-21-15)7-11-3-2-6-17-9-11/h1-6,8-9H,7,10,16H2. The second-order valence-corrected chi connectivity index (χ2v) is 4.50. The molecule has 3 aromatic rings. The number of anilines is 1. The first-order valence-corrected chi connectivity index (χ1v) is 6.48. The number of nitrogens with zero attached hydrogens (tertiary/aromatic N) is 3. The Balaban J connectivity index is 1.60. The van der Waals surface area contributed by atoms with E-state index in [9.17, 15) is 0 Å². The van der Waals surface area contributed by atoms with Gasteiger partial charge in [0.15, 0.2) is 12.4 Å². The topological polar surface area (TPSA) is 87.1 Å². The van der Waals surface area contributed by atoms with Crippen LogP contribution in [0.4, 0.5) is 5.69 Å². The lowest BCUT2D eigenvalue weighted by atomic mass is 10.2. The second kappa shape index (κ2) is 6.04. The molecule has 0 aliphatic carbocycles. The lowest BCUT2D eigenvalue weighted by Gasteiger charge is -2.03. The van der Waals surface area contributed by atoms with Gasteiger partial charge in [-0.2, -0.15) is 4.98 Å². The van der Waals surface area contributed by atoms with Crippen molar-refractivity contribution in [2.24, 2.45) is 0 Å². The molecule has 0 spiro atoms. The van der Waals surface area contributed by atoms with Crippen LogP contribution in [0.15, 0.2) is 53.3 Å². The van der Waals surface area contributed by atoms with Crippen molar-refractivity contribution in [1.82, 2.24) is 15.1 Å². The molecule has 0 atom stereocenters. The summed E-state index contributed by atoms with van der Waals surface area (Å²) in [7, 11) is 0. The zero-order valence-electron chi connectivity index (χ0n) is 11.3. The molecule has 0 fully saturated rings. The highest BCUT2D eigenvalue weighted by Gasteiger charge is 2.08. The Bertz CT molecular complexity index is 712. The van der Waals surface area contributed by atoms with E-state index in [-0.39, 0.29) is 6.61 Å². The van der Waals surface area contributed by atoms with Gasteiger partial charge in [-0.05, 0) is 23.8 Å². The van der Waals surface area contributed by atoms with Gasteiger partial charge in [0.05, 0.1) is 0 Å². The van der Waals surface area contributed by atoms with Gasteiger partial charge in [-0.3, -0.25) is 4.98 Å². The summed E-state index contributed by atoms with van der Waals surface area (Å²) in [5.41, 5.74) is 7.36. The summed E-state index contributed by atoms with van der Waals surface area (Å²) in [5.74, 6) is 1.70.